The number of aromatic nitrogens is 1. The summed E-state index contributed by atoms with van der Waals surface area (Å²) in [6.45, 7) is 5.04. The van der Waals surface area contributed by atoms with Crippen molar-refractivity contribution in [3.05, 3.63) is 29.0 Å². The van der Waals surface area contributed by atoms with Crippen molar-refractivity contribution in [2.45, 2.75) is 13.8 Å². The van der Waals surface area contributed by atoms with Crippen LogP contribution in [0.1, 0.15) is 24.4 Å². The molecule has 0 saturated heterocycles. The molecule has 22 heavy (non-hydrogen) atoms. The third kappa shape index (κ3) is 2.74. The molecular weight excluding hydrogens is 310 g/mol. The van der Waals surface area contributed by atoms with Crippen LogP contribution in [0.2, 0.25) is 5.02 Å². The first-order valence-electron chi connectivity index (χ1n) is 6.65. The zero-order valence-electron chi connectivity index (χ0n) is 12.1. The number of nitrogens with zero attached hydrogens (tertiary/aromatic N) is 1. The number of hydrogen-bond acceptors (Lipinski definition) is 5. The van der Waals surface area contributed by atoms with Crippen molar-refractivity contribution < 1.29 is 23.9 Å². The monoisotopic (exact) mass is 323 g/mol. The maximum atomic E-state index is 10.9. The number of hydrogen-bond donors (Lipinski definition) is 1. The van der Waals surface area contributed by atoms with Crippen molar-refractivity contribution in [2.24, 2.45) is 5.41 Å². The van der Waals surface area contributed by atoms with E-state index in [1.54, 1.807) is 12.1 Å². The molecule has 0 spiro atoms. The van der Waals surface area contributed by atoms with Crippen LogP contribution in [-0.4, -0.2) is 29.4 Å². The Labute approximate surface area is 131 Å². The molecule has 1 aromatic heterocycles. The molecule has 0 amide bonds. The third-order valence-electron chi connectivity index (χ3n) is 3.25. The minimum Gasteiger partial charge on any atom is -0.489 e. The summed E-state index contributed by atoms with van der Waals surface area (Å²) in [6, 6.07) is 4.69. The summed E-state index contributed by atoms with van der Waals surface area (Å²) in [4.78, 5) is 10.9. The normalized spacial score (nSPS) is 16.1. The molecule has 1 N–H and O–H groups in total. The maximum Gasteiger partial charge on any atom is 0.374 e. The summed E-state index contributed by atoms with van der Waals surface area (Å²) in [6.07, 6.45) is 0. The number of ether oxygens (including phenoxy) is 2. The highest BCUT2D eigenvalue weighted by molar-refractivity contribution is 6.32. The summed E-state index contributed by atoms with van der Waals surface area (Å²) < 4.78 is 16.3. The topological polar surface area (TPSA) is 81.8 Å². The number of carboxylic acids is 1. The fourth-order valence-corrected chi connectivity index (χ4v) is 2.32. The Bertz CT molecular complexity index is 738. The second kappa shape index (κ2) is 5.21. The number of rotatable bonds is 2. The van der Waals surface area contributed by atoms with E-state index < -0.39 is 5.97 Å². The average Bonchev–Trinajstić information content (AvgIpc) is 2.88. The van der Waals surface area contributed by atoms with E-state index in [1.807, 2.05) is 13.8 Å². The fraction of sp³-hybridized carbons (Fsp3) is 0.333. The number of aromatic carboxylic acids is 1. The Kier molecular flexibility index (Phi) is 3.48. The Morgan fingerprint density at radius 1 is 1.27 bits per heavy atom. The van der Waals surface area contributed by atoms with E-state index in [0.29, 0.717) is 41.0 Å². The Morgan fingerprint density at radius 2 is 2.00 bits per heavy atom. The van der Waals surface area contributed by atoms with Gasteiger partial charge in [0, 0.05) is 17.0 Å². The van der Waals surface area contributed by atoms with Crippen molar-refractivity contribution >= 4 is 17.6 Å². The first-order chi connectivity index (χ1) is 10.4. The number of carbonyl (C=O) groups is 1. The van der Waals surface area contributed by atoms with Gasteiger partial charge in [-0.05, 0) is 12.1 Å². The van der Waals surface area contributed by atoms with E-state index in [0.717, 1.165) is 0 Å². The number of carboxylic acid groups (broad SMARTS) is 1. The number of fused-ring (bicyclic) bond motifs is 1. The molecule has 0 saturated carbocycles. The van der Waals surface area contributed by atoms with Gasteiger partial charge in [-0.2, -0.15) is 0 Å². The van der Waals surface area contributed by atoms with Crippen LogP contribution >= 0.6 is 11.6 Å². The second-order valence-corrected chi connectivity index (χ2v) is 6.32. The van der Waals surface area contributed by atoms with Crippen molar-refractivity contribution in [2.75, 3.05) is 13.2 Å². The van der Waals surface area contributed by atoms with Crippen molar-refractivity contribution in [3.8, 4) is 22.8 Å². The SMILES string of the molecule is CC1(C)COc2cc(-c3cc(C(=O)O)on3)cc(Cl)c2OC1. The smallest absolute Gasteiger partial charge is 0.374 e. The molecule has 1 aromatic carbocycles. The number of benzene rings is 1. The lowest BCUT2D eigenvalue weighted by Crippen LogP contribution is -2.26. The summed E-state index contributed by atoms with van der Waals surface area (Å²) in [5.41, 5.74) is 0.838. The van der Waals surface area contributed by atoms with Crippen LogP contribution in [0.15, 0.2) is 22.7 Å². The molecule has 0 fully saturated rings. The molecule has 6 nitrogen and oxygen atoms in total. The van der Waals surface area contributed by atoms with Crippen LogP contribution in [0.4, 0.5) is 0 Å². The van der Waals surface area contributed by atoms with Crippen LogP contribution in [0, 0.1) is 5.41 Å². The van der Waals surface area contributed by atoms with E-state index in [9.17, 15) is 4.79 Å². The predicted molar refractivity (Wildman–Crippen MR) is 78.7 cm³/mol. The van der Waals surface area contributed by atoms with Gasteiger partial charge >= 0.3 is 5.97 Å². The van der Waals surface area contributed by atoms with Gasteiger partial charge in [-0.3, -0.25) is 0 Å². The van der Waals surface area contributed by atoms with Gasteiger partial charge < -0.3 is 19.1 Å². The largest absolute Gasteiger partial charge is 0.489 e. The number of halogens is 1. The molecule has 2 aromatic rings. The predicted octanol–water partition coefficient (Wildman–Crippen LogP) is 3.49. The molecule has 2 heterocycles. The van der Waals surface area contributed by atoms with Crippen LogP contribution in [0.3, 0.4) is 0 Å². The van der Waals surface area contributed by atoms with Crippen LogP contribution in [-0.2, 0) is 0 Å². The molecular formula is C15H14ClNO5. The molecule has 0 radical (unpaired) electrons. The van der Waals surface area contributed by atoms with Gasteiger partial charge in [-0.15, -0.1) is 0 Å². The van der Waals surface area contributed by atoms with E-state index in [2.05, 4.69) is 5.16 Å². The fourth-order valence-electron chi connectivity index (χ4n) is 2.06. The molecule has 7 heteroatoms. The lowest BCUT2D eigenvalue weighted by atomic mass is 9.97. The quantitative estimate of drug-likeness (QED) is 0.911. The van der Waals surface area contributed by atoms with Crippen LogP contribution in [0.25, 0.3) is 11.3 Å². The first-order valence-corrected chi connectivity index (χ1v) is 7.03. The second-order valence-electron chi connectivity index (χ2n) is 5.91. The lowest BCUT2D eigenvalue weighted by Gasteiger charge is -2.19. The summed E-state index contributed by atoms with van der Waals surface area (Å²) in [5.74, 6) is -0.425. The van der Waals surface area contributed by atoms with Gasteiger partial charge in [0.1, 0.15) is 5.69 Å². The van der Waals surface area contributed by atoms with Crippen molar-refractivity contribution in [1.82, 2.24) is 5.16 Å². The Hall–Kier alpha value is -2.21. The molecule has 0 aliphatic carbocycles. The standard InChI is InChI=1S/C15H14ClNO5/c1-15(2)6-20-11-4-8(3-9(16)13(11)21-7-15)10-5-12(14(18)19)22-17-10/h3-5H,6-7H2,1-2H3,(H,18,19). The average molecular weight is 324 g/mol. The lowest BCUT2D eigenvalue weighted by molar-refractivity contribution is 0.0652. The van der Waals surface area contributed by atoms with E-state index in [1.165, 1.54) is 6.07 Å². The minimum absolute atomic E-state index is 0.132. The molecule has 3 rings (SSSR count). The molecule has 0 atom stereocenters. The molecule has 1 aliphatic heterocycles. The zero-order valence-corrected chi connectivity index (χ0v) is 12.8. The van der Waals surface area contributed by atoms with Crippen LogP contribution < -0.4 is 9.47 Å². The summed E-state index contributed by atoms with van der Waals surface area (Å²) in [7, 11) is 0. The van der Waals surface area contributed by atoms with E-state index >= 15 is 0 Å². The van der Waals surface area contributed by atoms with Gasteiger partial charge in [0.25, 0.3) is 0 Å². The highest BCUT2D eigenvalue weighted by Gasteiger charge is 2.27. The Morgan fingerprint density at radius 3 is 2.68 bits per heavy atom. The zero-order chi connectivity index (χ0) is 15.9. The van der Waals surface area contributed by atoms with Gasteiger partial charge in [0.2, 0.25) is 5.76 Å². The maximum absolute atomic E-state index is 10.9. The third-order valence-corrected chi connectivity index (χ3v) is 3.53. The van der Waals surface area contributed by atoms with Gasteiger partial charge in [0.05, 0.1) is 18.2 Å². The van der Waals surface area contributed by atoms with E-state index in [-0.39, 0.29) is 11.2 Å². The van der Waals surface area contributed by atoms with Gasteiger partial charge in [0.15, 0.2) is 11.5 Å². The van der Waals surface area contributed by atoms with Gasteiger partial charge in [-0.1, -0.05) is 30.6 Å². The first kappa shape index (κ1) is 14.7. The van der Waals surface area contributed by atoms with Crippen LogP contribution in [0.5, 0.6) is 11.5 Å². The van der Waals surface area contributed by atoms with Crippen molar-refractivity contribution in [3.63, 3.8) is 0 Å². The molecule has 0 unspecified atom stereocenters. The minimum atomic E-state index is -1.18. The highest BCUT2D eigenvalue weighted by Crippen LogP contribution is 2.42. The van der Waals surface area contributed by atoms with Gasteiger partial charge in [-0.25, -0.2) is 4.79 Å². The highest BCUT2D eigenvalue weighted by atomic mass is 35.5. The molecule has 1 aliphatic rings. The summed E-state index contributed by atoms with van der Waals surface area (Å²) in [5, 5.41) is 13.0. The summed E-state index contributed by atoms with van der Waals surface area (Å²) >= 11 is 6.25. The Balaban J connectivity index is 2.00. The molecule has 116 valence electrons. The van der Waals surface area contributed by atoms with E-state index in [4.69, 9.17) is 30.7 Å². The molecule has 0 bridgehead atoms. The van der Waals surface area contributed by atoms with Crippen molar-refractivity contribution in [1.29, 1.82) is 0 Å².